The van der Waals surface area contributed by atoms with Crippen molar-refractivity contribution in [2.45, 2.75) is 17.2 Å². The van der Waals surface area contributed by atoms with Gasteiger partial charge in [-0.3, -0.25) is 4.79 Å². The van der Waals surface area contributed by atoms with E-state index in [2.05, 4.69) is 5.32 Å². The molecule has 0 saturated carbocycles. The average molecular weight is 251 g/mol. The Morgan fingerprint density at radius 1 is 1.18 bits per heavy atom. The smallest absolute Gasteiger partial charge is 0.223 e. The van der Waals surface area contributed by atoms with E-state index in [1.165, 1.54) is 0 Å². The fourth-order valence-electron chi connectivity index (χ4n) is 2.82. The second kappa shape index (κ2) is 3.57. The minimum Gasteiger partial charge on any atom is -0.356 e. The zero-order valence-corrected chi connectivity index (χ0v) is 10.0. The van der Waals surface area contributed by atoms with Crippen LogP contribution in [0.15, 0.2) is 29.2 Å². The van der Waals surface area contributed by atoms with E-state index in [0.717, 1.165) is 12.0 Å². The van der Waals surface area contributed by atoms with Gasteiger partial charge in [0.05, 0.1) is 10.6 Å². The molecule has 2 atom stereocenters. The van der Waals surface area contributed by atoms with Crippen LogP contribution >= 0.6 is 0 Å². The van der Waals surface area contributed by atoms with Crippen molar-refractivity contribution in [3.05, 3.63) is 29.8 Å². The van der Waals surface area contributed by atoms with E-state index in [9.17, 15) is 13.2 Å². The molecule has 0 aromatic heterocycles. The molecule has 0 spiro atoms. The SMILES string of the molecule is O=C1NCCC1C1CS(=O)(=O)c2ccccc21. The van der Waals surface area contributed by atoms with Crippen molar-refractivity contribution in [1.29, 1.82) is 0 Å². The van der Waals surface area contributed by atoms with Gasteiger partial charge < -0.3 is 5.32 Å². The van der Waals surface area contributed by atoms with Crippen molar-refractivity contribution < 1.29 is 13.2 Å². The van der Waals surface area contributed by atoms with Crippen molar-refractivity contribution in [2.75, 3.05) is 12.3 Å². The van der Waals surface area contributed by atoms with Gasteiger partial charge in [-0.15, -0.1) is 0 Å². The maximum atomic E-state index is 12.0. The molecule has 2 aliphatic heterocycles. The predicted octanol–water partition coefficient (Wildman–Crippen LogP) is 0.694. The molecule has 5 heteroatoms. The molecule has 1 N–H and O–H groups in total. The highest BCUT2D eigenvalue weighted by molar-refractivity contribution is 7.91. The van der Waals surface area contributed by atoms with E-state index >= 15 is 0 Å². The third-order valence-electron chi connectivity index (χ3n) is 3.63. The number of amides is 1. The highest BCUT2D eigenvalue weighted by Gasteiger charge is 2.42. The van der Waals surface area contributed by atoms with Gasteiger partial charge in [-0.25, -0.2) is 8.42 Å². The molecule has 1 saturated heterocycles. The number of sulfone groups is 1. The average Bonchev–Trinajstić information content (AvgIpc) is 2.82. The Morgan fingerprint density at radius 3 is 2.65 bits per heavy atom. The molecule has 1 aromatic rings. The number of hydrogen-bond donors (Lipinski definition) is 1. The third-order valence-corrected chi connectivity index (χ3v) is 5.47. The maximum absolute atomic E-state index is 12.0. The molecule has 0 aliphatic carbocycles. The van der Waals surface area contributed by atoms with Crippen molar-refractivity contribution >= 4 is 15.7 Å². The van der Waals surface area contributed by atoms with Gasteiger partial charge >= 0.3 is 0 Å². The first-order valence-corrected chi connectivity index (χ1v) is 7.34. The second-order valence-electron chi connectivity index (χ2n) is 4.61. The van der Waals surface area contributed by atoms with E-state index in [-0.39, 0.29) is 23.5 Å². The summed E-state index contributed by atoms with van der Waals surface area (Å²) in [5.74, 6) is -0.293. The number of carbonyl (C=O) groups is 1. The molecule has 1 amide bonds. The Kier molecular flexibility index (Phi) is 2.26. The van der Waals surface area contributed by atoms with Crippen LogP contribution in [0.2, 0.25) is 0 Å². The molecule has 0 radical (unpaired) electrons. The molecule has 0 bridgehead atoms. The lowest BCUT2D eigenvalue weighted by Crippen LogP contribution is -2.24. The molecular formula is C12H13NO3S. The minimum atomic E-state index is -3.20. The fourth-order valence-corrected chi connectivity index (χ4v) is 4.74. The molecule has 4 nitrogen and oxygen atoms in total. The Hall–Kier alpha value is -1.36. The lowest BCUT2D eigenvalue weighted by molar-refractivity contribution is -0.122. The van der Waals surface area contributed by atoms with Crippen LogP contribution in [-0.4, -0.2) is 26.6 Å². The van der Waals surface area contributed by atoms with Crippen molar-refractivity contribution in [2.24, 2.45) is 5.92 Å². The molecule has 3 rings (SSSR count). The topological polar surface area (TPSA) is 63.2 Å². The molecule has 2 unspecified atom stereocenters. The quantitative estimate of drug-likeness (QED) is 0.799. The summed E-state index contributed by atoms with van der Waals surface area (Å²) in [6.07, 6.45) is 0.730. The fraction of sp³-hybridized carbons (Fsp3) is 0.417. The molecular weight excluding hydrogens is 238 g/mol. The predicted molar refractivity (Wildman–Crippen MR) is 62.4 cm³/mol. The van der Waals surface area contributed by atoms with Gasteiger partial charge in [0.15, 0.2) is 9.84 Å². The number of rotatable bonds is 1. The van der Waals surface area contributed by atoms with Gasteiger partial charge in [0.2, 0.25) is 5.91 Å². The van der Waals surface area contributed by atoms with Crippen LogP contribution in [0, 0.1) is 5.92 Å². The highest BCUT2D eigenvalue weighted by Crippen LogP contribution is 2.41. The van der Waals surface area contributed by atoms with E-state index in [1.807, 2.05) is 12.1 Å². The molecule has 2 heterocycles. The normalized spacial score (nSPS) is 30.0. The van der Waals surface area contributed by atoms with Crippen LogP contribution in [0.4, 0.5) is 0 Å². The molecule has 2 aliphatic rings. The van der Waals surface area contributed by atoms with Crippen molar-refractivity contribution in [3.8, 4) is 0 Å². The van der Waals surface area contributed by atoms with Crippen molar-refractivity contribution in [1.82, 2.24) is 5.32 Å². The zero-order chi connectivity index (χ0) is 12.0. The monoisotopic (exact) mass is 251 g/mol. The van der Waals surface area contributed by atoms with E-state index in [4.69, 9.17) is 0 Å². The van der Waals surface area contributed by atoms with Gasteiger partial charge in [0.25, 0.3) is 0 Å². The first kappa shape index (κ1) is 10.8. The first-order valence-electron chi connectivity index (χ1n) is 5.69. The van der Waals surface area contributed by atoms with Crippen LogP contribution < -0.4 is 5.32 Å². The summed E-state index contributed by atoms with van der Waals surface area (Å²) >= 11 is 0. The number of nitrogens with one attached hydrogen (secondary N) is 1. The third kappa shape index (κ3) is 1.57. The van der Waals surface area contributed by atoms with Crippen LogP contribution in [0.25, 0.3) is 0 Å². The van der Waals surface area contributed by atoms with Crippen LogP contribution in [0.3, 0.4) is 0 Å². The molecule has 1 aromatic carbocycles. The zero-order valence-electron chi connectivity index (χ0n) is 9.22. The Bertz CT molecular complexity index is 579. The summed E-state index contributed by atoms with van der Waals surface area (Å²) < 4.78 is 24.0. The number of hydrogen-bond acceptors (Lipinski definition) is 3. The summed E-state index contributed by atoms with van der Waals surface area (Å²) in [5.41, 5.74) is 0.814. The molecule has 90 valence electrons. The summed E-state index contributed by atoms with van der Waals surface area (Å²) in [7, 11) is -3.20. The standard InChI is InChI=1S/C12H13NO3S/c14-12-9(5-6-13-12)10-7-17(15,16)11-4-2-1-3-8(10)11/h1-4,9-10H,5-7H2,(H,13,14). The number of benzene rings is 1. The van der Waals surface area contributed by atoms with Gasteiger partial charge in [-0.2, -0.15) is 0 Å². The summed E-state index contributed by atoms with van der Waals surface area (Å²) in [6.45, 7) is 0.655. The van der Waals surface area contributed by atoms with Crippen LogP contribution in [0.5, 0.6) is 0 Å². The van der Waals surface area contributed by atoms with Crippen LogP contribution in [0.1, 0.15) is 17.9 Å². The van der Waals surface area contributed by atoms with E-state index in [0.29, 0.717) is 11.4 Å². The largest absolute Gasteiger partial charge is 0.356 e. The summed E-state index contributed by atoms with van der Waals surface area (Å²) in [4.78, 5) is 12.1. The van der Waals surface area contributed by atoms with E-state index in [1.54, 1.807) is 12.1 Å². The Labute approximate surface area is 99.9 Å². The Balaban J connectivity index is 2.08. The molecule has 1 fully saturated rings. The minimum absolute atomic E-state index is 0.0121. The summed E-state index contributed by atoms with van der Waals surface area (Å²) in [6, 6.07) is 7.03. The number of fused-ring (bicyclic) bond motifs is 1. The Morgan fingerprint density at radius 2 is 1.94 bits per heavy atom. The van der Waals surface area contributed by atoms with Gasteiger partial charge in [-0.1, -0.05) is 18.2 Å². The number of carbonyl (C=O) groups excluding carboxylic acids is 1. The first-order chi connectivity index (χ1) is 8.09. The van der Waals surface area contributed by atoms with Crippen LogP contribution in [-0.2, 0) is 14.6 Å². The van der Waals surface area contributed by atoms with Gasteiger partial charge in [0, 0.05) is 18.4 Å². The highest BCUT2D eigenvalue weighted by atomic mass is 32.2. The van der Waals surface area contributed by atoms with E-state index < -0.39 is 9.84 Å². The van der Waals surface area contributed by atoms with Gasteiger partial charge in [0.1, 0.15) is 0 Å². The second-order valence-corrected chi connectivity index (χ2v) is 6.61. The van der Waals surface area contributed by atoms with Gasteiger partial charge in [-0.05, 0) is 18.1 Å². The molecule has 17 heavy (non-hydrogen) atoms. The lowest BCUT2D eigenvalue weighted by atomic mass is 9.87. The summed E-state index contributed by atoms with van der Waals surface area (Å²) in [5, 5.41) is 2.77. The maximum Gasteiger partial charge on any atom is 0.223 e. The van der Waals surface area contributed by atoms with Crippen molar-refractivity contribution in [3.63, 3.8) is 0 Å². The lowest BCUT2D eigenvalue weighted by Gasteiger charge is -2.15.